The summed E-state index contributed by atoms with van der Waals surface area (Å²) in [7, 11) is 0. The maximum Gasteiger partial charge on any atom is 0.0205 e. The highest BCUT2D eigenvalue weighted by Gasteiger charge is 2.05. The van der Waals surface area contributed by atoms with Crippen LogP contribution < -0.4 is 31.9 Å². The van der Waals surface area contributed by atoms with Gasteiger partial charge < -0.3 is 31.9 Å². The van der Waals surface area contributed by atoms with E-state index in [0.717, 1.165) is 103 Å². The van der Waals surface area contributed by atoms with E-state index in [1.54, 1.807) is 0 Å². The number of benzene rings is 3. The van der Waals surface area contributed by atoms with Crippen molar-refractivity contribution < 1.29 is 0 Å². The summed E-state index contributed by atoms with van der Waals surface area (Å²) in [5, 5.41) is 21.4. The van der Waals surface area contributed by atoms with Crippen molar-refractivity contribution >= 4 is 0 Å². The quantitative estimate of drug-likeness (QED) is 0.0576. The number of nitrogens with one attached hydrogen (secondary N) is 6. The van der Waals surface area contributed by atoms with Crippen molar-refractivity contribution in [2.45, 2.75) is 66.5 Å². The van der Waals surface area contributed by atoms with Gasteiger partial charge in [-0.3, -0.25) is 0 Å². The molecule has 0 fully saturated rings. The molecule has 0 amide bonds. The van der Waals surface area contributed by atoms with Crippen molar-refractivity contribution in [1.82, 2.24) is 31.9 Å². The summed E-state index contributed by atoms with van der Waals surface area (Å²) < 4.78 is 0. The van der Waals surface area contributed by atoms with Gasteiger partial charge in [-0.2, -0.15) is 0 Å². The Hall–Kier alpha value is -2.58. The lowest BCUT2D eigenvalue weighted by atomic mass is 9.97. The maximum atomic E-state index is 3.63. The summed E-state index contributed by atoms with van der Waals surface area (Å²) in [5.41, 5.74) is 7.72. The molecule has 3 aromatic carbocycles. The molecule has 6 heteroatoms. The molecule has 6 nitrogen and oxygen atoms in total. The largest absolute Gasteiger partial charge is 0.317 e. The third kappa shape index (κ3) is 16.8. The summed E-state index contributed by atoms with van der Waals surface area (Å²) in [5.74, 6) is 1.45. The van der Waals surface area contributed by atoms with Gasteiger partial charge in [0, 0.05) is 13.1 Å². The fraction of sp³-hybridized carbons (Fsp3) is 0.550. The zero-order valence-electron chi connectivity index (χ0n) is 29.4. The van der Waals surface area contributed by atoms with Crippen LogP contribution in [0.3, 0.4) is 0 Å². The second-order valence-corrected chi connectivity index (χ2v) is 13.4. The lowest BCUT2D eigenvalue weighted by Crippen LogP contribution is -2.26. The molecule has 0 bridgehead atoms. The van der Waals surface area contributed by atoms with Crippen molar-refractivity contribution in [3.63, 3.8) is 0 Å². The number of hydrogen-bond acceptors (Lipinski definition) is 6. The minimum Gasteiger partial charge on any atom is -0.317 e. The summed E-state index contributed by atoms with van der Waals surface area (Å²) in [6.07, 6.45) is 4.66. The Labute approximate surface area is 281 Å². The lowest BCUT2D eigenvalue weighted by Gasteiger charge is -2.11. The highest BCUT2D eigenvalue weighted by atomic mass is 14.9. The molecule has 0 heterocycles. The van der Waals surface area contributed by atoms with Crippen LogP contribution in [0.15, 0.2) is 72.8 Å². The van der Waals surface area contributed by atoms with Gasteiger partial charge >= 0.3 is 0 Å². The van der Waals surface area contributed by atoms with E-state index < -0.39 is 0 Å². The van der Waals surface area contributed by atoms with Gasteiger partial charge in [0.25, 0.3) is 0 Å². The smallest absolute Gasteiger partial charge is 0.0205 e. The van der Waals surface area contributed by atoms with Crippen LogP contribution in [0.2, 0.25) is 0 Å². The lowest BCUT2D eigenvalue weighted by molar-refractivity contribution is 0.525. The molecule has 0 aliphatic carbocycles. The molecule has 0 aliphatic heterocycles. The second-order valence-electron chi connectivity index (χ2n) is 13.4. The summed E-state index contributed by atoms with van der Waals surface area (Å²) in [4.78, 5) is 0. The van der Waals surface area contributed by atoms with Crippen LogP contribution in [-0.4, -0.2) is 65.4 Å². The van der Waals surface area contributed by atoms with E-state index in [0.29, 0.717) is 0 Å². The van der Waals surface area contributed by atoms with E-state index in [4.69, 9.17) is 0 Å². The van der Waals surface area contributed by atoms with Gasteiger partial charge in [-0.15, -0.1) is 0 Å². The Morgan fingerprint density at radius 2 is 0.717 bits per heavy atom. The molecular weight excluding hydrogens is 564 g/mol. The van der Waals surface area contributed by atoms with E-state index in [-0.39, 0.29) is 0 Å². The fourth-order valence-corrected chi connectivity index (χ4v) is 5.45. The summed E-state index contributed by atoms with van der Waals surface area (Å²) in [6, 6.07) is 26.9. The Morgan fingerprint density at radius 3 is 1.11 bits per heavy atom. The van der Waals surface area contributed by atoms with E-state index in [1.165, 1.54) is 46.2 Å². The molecule has 0 atom stereocenters. The maximum absolute atomic E-state index is 3.63. The molecule has 6 N–H and O–H groups in total. The number of rotatable bonds is 26. The van der Waals surface area contributed by atoms with Crippen LogP contribution in [0.1, 0.15) is 64.5 Å². The van der Waals surface area contributed by atoms with Crippen molar-refractivity contribution in [3.8, 4) is 22.3 Å². The van der Waals surface area contributed by atoms with Gasteiger partial charge in [-0.05, 0) is 155 Å². The standard InChI is InChI=1S/C40H64N6/c1-33(2)29-43-22-8-18-41-20-10-24-45-31-35-12-5-14-37(26-35)39-16-7-17-40(28-39)38-15-6-13-36(27-38)32-46-25-11-21-42-19-9-23-44-30-34(3)4/h5-7,12-17,26-28,33-34,41-46H,8-11,18-25,29-32H2,1-4H3. The predicted octanol–water partition coefficient (Wildman–Crippen LogP) is 6.43. The van der Waals surface area contributed by atoms with E-state index >= 15 is 0 Å². The van der Waals surface area contributed by atoms with Crippen molar-refractivity contribution in [2.75, 3.05) is 65.4 Å². The molecule has 0 spiro atoms. The van der Waals surface area contributed by atoms with E-state index in [1.807, 2.05) is 0 Å². The van der Waals surface area contributed by atoms with Crippen LogP contribution in [-0.2, 0) is 13.1 Å². The van der Waals surface area contributed by atoms with Crippen molar-refractivity contribution in [2.24, 2.45) is 11.8 Å². The van der Waals surface area contributed by atoms with Crippen molar-refractivity contribution in [3.05, 3.63) is 83.9 Å². The minimum absolute atomic E-state index is 0.723. The van der Waals surface area contributed by atoms with Gasteiger partial charge in [-0.25, -0.2) is 0 Å². The Bertz CT molecular complexity index is 1100. The zero-order chi connectivity index (χ0) is 32.7. The Morgan fingerprint density at radius 1 is 0.391 bits per heavy atom. The highest BCUT2D eigenvalue weighted by molar-refractivity contribution is 5.73. The SMILES string of the molecule is CC(C)CNCCCNCCCNCc1cccc(-c2cccc(-c3cccc(CNCCCNCCCNCC(C)C)c3)c2)c1. The topological polar surface area (TPSA) is 72.2 Å². The second kappa shape index (κ2) is 23.7. The van der Waals surface area contributed by atoms with Gasteiger partial charge in [0.2, 0.25) is 0 Å². The van der Waals surface area contributed by atoms with Crippen LogP contribution in [0.25, 0.3) is 22.3 Å². The first-order valence-corrected chi connectivity index (χ1v) is 18.0. The molecule has 3 aromatic rings. The van der Waals surface area contributed by atoms with Gasteiger partial charge in [0.05, 0.1) is 0 Å². The Balaban J connectivity index is 1.35. The molecule has 254 valence electrons. The normalized spacial score (nSPS) is 11.6. The van der Waals surface area contributed by atoms with Gasteiger partial charge in [0.1, 0.15) is 0 Å². The molecule has 0 saturated heterocycles. The molecule has 0 aromatic heterocycles. The molecular formula is C40H64N6. The molecule has 46 heavy (non-hydrogen) atoms. The summed E-state index contributed by atoms with van der Waals surface area (Å²) in [6.45, 7) is 21.6. The Kier molecular flexibility index (Phi) is 19.5. The first-order valence-electron chi connectivity index (χ1n) is 18.0. The van der Waals surface area contributed by atoms with Crippen LogP contribution in [0.5, 0.6) is 0 Å². The highest BCUT2D eigenvalue weighted by Crippen LogP contribution is 2.27. The van der Waals surface area contributed by atoms with E-state index in [9.17, 15) is 0 Å². The van der Waals surface area contributed by atoms with Crippen LogP contribution in [0.4, 0.5) is 0 Å². The summed E-state index contributed by atoms with van der Waals surface area (Å²) >= 11 is 0. The van der Waals surface area contributed by atoms with Crippen LogP contribution >= 0.6 is 0 Å². The molecule has 0 radical (unpaired) electrons. The molecule has 0 unspecified atom stereocenters. The predicted molar refractivity (Wildman–Crippen MR) is 200 cm³/mol. The third-order valence-electron chi connectivity index (χ3n) is 7.98. The van der Waals surface area contributed by atoms with Crippen molar-refractivity contribution in [1.29, 1.82) is 0 Å². The molecule has 0 aliphatic rings. The first-order chi connectivity index (χ1) is 22.5. The fourth-order valence-electron chi connectivity index (χ4n) is 5.45. The van der Waals surface area contributed by atoms with Gasteiger partial charge in [0.15, 0.2) is 0 Å². The van der Waals surface area contributed by atoms with Gasteiger partial charge in [-0.1, -0.05) is 82.3 Å². The monoisotopic (exact) mass is 629 g/mol. The zero-order valence-corrected chi connectivity index (χ0v) is 29.4. The van der Waals surface area contributed by atoms with E-state index in [2.05, 4.69) is 132 Å². The molecule has 3 rings (SSSR count). The average molecular weight is 629 g/mol. The average Bonchev–Trinajstić information content (AvgIpc) is 3.06. The van der Waals surface area contributed by atoms with Crippen LogP contribution in [0, 0.1) is 11.8 Å². The first kappa shape index (κ1) is 37.9. The molecule has 0 saturated carbocycles. The third-order valence-corrected chi connectivity index (χ3v) is 7.98. The minimum atomic E-state index is 0.723. The number of hydrogen-bond donors (Lipinski definition) is 6.